The first-order valence-electron chi connectivity index (χ1n) is 5.48. The van der Waals surface area contributed by atoms with Gasteiger partial charge in [0.1, 0.15) is 0 Å². The molecule has 0 radical (unpaired) electrons. The molecule has 0 spiro atoms. The summed E-state index contributed by atoms with van der Waals surface area (Å²) in [5.41, 5.74) is 3.97. The molecule has 0 saturated carbocycles. The number of hydrogen-bond acceptors (Lipinski definition) is 6. The lowest BCUT2D eigenvalue weighted by molar-refractivity contribution is -0.384. The second kappa shape index (κ2) is 5.67. The molecule has 0 aliphatic heterocycles. The van der Waals surface area contributed by atoms with Crippen molar-refractivity contribution in [3.05, 3.63) is 58.5 Å². The molecule has 2 aromatic rings. The van der Waals surface area contributed by atoms with Crippen LogP contribution in [-0.4, -0.2) is 20.6 Å². The Labute approximate surface area is 109 Å². The third kappa shape index (κ3) is 3.09. The van der Waals surface area contributed by atoms with Crippen molar-refractivity contribution in [2.24, 2.45) is 5.10 Å². The molecule has 19 heavy (non-hydrogen) atoms. The van der Waals surface area contributed by atoms with Crippen LogP contribution in [0.5, 0.6) is 0 Å². The molecule has 1 N–H and O–H groups in total. The fraction of sp³-hybridized carbons (Fsp3) is 0.0833. The average molecular weight is 257 g/mol. The Kier molecular flexibility index (Phi) is 3.77. The minimum Gasteiger partial charge on any atom is -0.264 e. The summed E-state index contributed by atoms with van der Waals surface area (Å²) in [6, 6.07) is 6.50. The summed E-state index contributed by atoms with van der Waals surface area (Å²) < 4.78 is 0. The quantitative estimate of drug-likeness (QED) is 0.515. The summed E-state index contributed by atoms with van der Waals surface area (Å²) in [6.45, 7) is 1.78. The Bertz CT molecular complexity index is 613. The van der Waals surface area contributed by atoms with E-state index < -0.39 is 4.92 Å². The summed E-state index contributed by atoms with van der Waals surface area (Å²) in [5, 5.41) is 14.9. The number of anilines is 1. The van der Waals surface area contributed by atoms with Crippen molar-refractivity contribution in [2.75, 3.05) is 5.43 Å². The van der Waals surface area contributed by atoms with E-state index in [-0.39, 0.29) is 11.5 Å². The molecule has 0 saturated heterocycles. The first kappa shape index (κ1) is 12.6. The first-order valence-corrected chi connectivity index (χ1v) is 5.48. The highest BCUT2D eigenvalue weighted by Crippen LogP contribution is 2.20. The van der Waals surface area contributed by atoms with Gasteiger partial charge in [-0.3, -0.25) is 20.5 Å². The van der Waals surface area contributed by atoms with Gasteiger partial charge in [0.2, 0.25) is 5.82 Å². The van der Waals surface area contributed by atoms with E-state index in [1.807, 2.05) is 6.07 Å². The zero-order chi connectivity index (χ0) is 13.7. The molecular formula is C12H11N5O2. The van der Waals surface area contributed by atoms with Crippen LogP contribution < -0.4 is 5.43 Å². The van der Waals surface area contributed by atoms with Gasteiger partial charge in [0.05, 0.1) is 10.6 Å². The summed E-state index contributed by atoms with van der Waals surface area (Å²) >= 11 is 0. The van der Waals surface area contributed by atoms with Crippen LogP contribution in [0.2, 0.25) is 0 Å². The molecule has 2 rings (SSSR count). The number of hydrogen-bond donors (Lipinski definition) is 1. The van der Waals surface area contributed by atoms with E-state index in [0.29, 0.717) is 5.71 Å². The third-order valence-electron chi connectivity index (χ3n) is 2.39. The monoisotopic (exact) mass is 257 g/mol. The topological polar surface area (TPSA) is 93.3 Å². The minimum absolute atomic E-state index is 0.107. The molecule has 0 bridgehead atoms. The van der Waals surface area contributed by atoms with Gasteiger partial charge in [0.25, 0.3) is 0 Å². The zero-order valence-electron chi connectivity index (χ0n) is 10.1. The highest BCUT2D eigenvalue weighted by Gasteiger charge is 2.13. The smallest absolute Gasteiger partial charge is 0.264 e. The molecule has 0 aromatic carbocycles. The number of nitro groups is 1. The summed E-state index contributed by atoms with van der Waals surface area (Å²) in [6.07, 6.45) is 4.78. The van der Waals surface area contributed by atoms with E-state index in [0.717, 1.165) is 5.56 Å². The fourth-order valence-corrected chi connectivity index (χ4v) is 1.41. The molecule has 0 aliphatic rings. The van der Waals surface area contributed by atoms with Crippen LogP contribution in [-0.2, 0) is 0 Å². The van der Waals surface area contributed by atoms with Crippen molar-refractivity contribution in [1.82, 2.24) is 9.97 Å². The molecule has 7 heteroatoms. The molecule has 0 aliphatic carbocycles. The van der Waals surface area contributed by atoms with Crippen molar-refractivity contribution in [1.29, 1.82) is 0 Å². The molecule has 0 atom stereocenters. The van der Waals surface area contributed by atoms with Gasteiger partial charge in [-0.2, -0.15) is 5.10 Å². The highest BCUT2D eigenvalue weighted by molar-refractivity contribution is 5.98. The molecular weight excluding hydrogens is 246 g/mol. The largest absolute Gasteiger partial charge is 0.313 e. The van der Waals surface area contributed by atoms with Crippen molar-refractivity contribution >= 4 is 17.2 Å². The number of pyridine rings is 2. The van der Waals surface area contributed by atoms with Crippen LogP contribution in [0.3, 0.4) is 0 Å². The number of nitrogens with one attached hydrogen (secondary N) is 1. The van der Waals surface area contributed by atoms with Crippen LogP contribution in [0.25, 0.3) is 0 Å². The lowest BCUT2D eigenvalue weighted by Crippen LogP contribution is -2.03. The number of hydrazone groups is 1. The maximum absolute atomic E-state index is 10.8. The Hall–Kier alpha value is -2.83. The molecule has 96 valence electrons. The SMILES string of the molecule is C/C(=N/Nc1ncccc1[N+](=O)[O-])c1cccnc1. The Balaban J connectivity index is 2.21. The third-order valence-corrected chi connectivity index (χ3v) is 2.39. The average Bonchev–Trinajstić information content (AvgIpc) is 2.46. The van der Waals surface area contributed by atoms with Gasteiger partial charge in [-0.1, -0.05) is 6.07 Å². The van der Waals surface area contributed by atoms with Crippen LogP contribution in [0.1, 0.15) is 12.5 Å². The van der Waals surface area contributed by atoms with Gasteiger partial charge in [0.15, 0.2) is 0 Å². The van der Waals surface area contributed by atoms with Crippen molar-refractivity contribution in [3.8, 4) is 0 Å². The minimum atomic E-state index is -0.510. The lowest BCUT2D eigenvalue weighted by Gasteiger charge is -2.02. The predicted molar refractivity (Wildman–Crippen MR) is 71.0 cm³/mol. The number of rotatable bonds is 4. The van der Waals surface area contributed by atoms with Gasteiger partial charge in [-0.25, -0.2) is 4.98 Å². The van der Waals surface area contributed by atoms with Crippen LogP contribution in [0.4, 0.5) is 11.5 Å². The summed E-state index contributed by atoms with van der Waals surface area (Å²) in [4.78, 5) is 18.2. The van der Waals surface area contributed by atoms with E-state index >= 15 is 0 Å². The molecule has 2 aromatic heterocycles. The van der Waals surface area contributed by atoms with E-state index in [9.17, 15) is 10.1 Å². The standard InChI is InChI=1S/C12H11N5O2/c1-9(10-4-2-6-13-8-10)15-16-12-11(17(18)19)5-3-7-14-12/h2-8H,1H3,(H,14,16)/b15-9-. The van der Waals surface area contributed by atoms with Gasteiger partial charge < -0.3 is 0 Å². The maximum Gasteiger partial charge on any atom is 0.313 e. The lowest BCUT2D eigenvalue weighted by atomic mass is 10.2. The number of nitrogens with zero attached hydrogens (tertiary/aromatic N) is 4. The fourth-order valence-electron chi connectivity index (χ4n) is 1.41. The Morgan fingerprint density at radius 2 is 2.16 bits per heavy atom. The normalized spacial score (nSPS) is 11.1. The van der Waals surface area contributed by atoms with Crippen LogP contribution >= 0.6 is 0 Å². The molecule has 2 heterocycles. The van der Waals surface area contributed by atoms with Gasteiger partial charge in [-0.05, 0) is 19.1 Å². The van der Waals surface area contributed by atoms with Gasteiger partial charge >= 0.3 is 5.69 Å². The second-order valence-corrected chi connectivity index (χ2v) is 3.68. The van der Waals surface area contributed by atoms with E-state index in [2.05, 4.69) is 20.5 Å². The zero-order valence-corrected chi connectivity index (χ0v) is 10.1. The van der Waals surface area contributed by atoms with Gasteiger partial charge in [-0.15, -0.1) is 0 Å². The Morgan fingerprint density at radius 3 is 2.84 bits per heavy atom. The molecule has 0 fully saturated rings. The van der Waals surface area contributed by atoms with Gasteiger partial charge in [0, 0.05) is 30.2 Å². The van der Waals surface area contributed by atoms with E-state index in [1.165, 1.54) is 18.3 Å². The Morgan fingerprint density at radius 1 is 1.37 bits per heavy atom. The molecule has 0 unspecified atom stereocenters. The van der Waals surface area contributed by atoms with E-state index in [1.54, 1.807) is 25.4 Å². The first-order chi connectivity index (χ1) is 9.18. The molecule has 0 amide bonds. The highest BCUT2D eigenvalue weighted by atomic mass is 16.6. The van der Waals surface area contributed by atoms with Crippen molar-refractivity contribution in [2.45, 2.75) is 6.92 Å². The predicted octanol–water partition coefficient (Wildman–Crippen LogP) is 2.22. The molecule has 7 nitrogen and oxygen atoms in total. The van der Waals surface area contributed by atoms with E-state index in [4.69, 9.17) is 0 Å². The van der Waals surface area contributed by atoms with Crippen molar-refractivity contribution < 1.29 is 4.92 Å². The van der Waals surface area contributed by atoms with Crippen LogP contribution in [0, 0.1) is 10.1 Å². The number of aromatic nitrogens is 2. The van der Waals surface area contributed by atoms with Crippen molar-refractivity contribution in [3.63, 3.8) is 0 Å². The maximum atomic E-state index is 10.8. The summed E-state index contributed by atoms with van der Waals surface area (Å²) in [7, 11) is 0. The van der Waals surface area contributed by atoms with Crippen LogP contribution in [0.15, 0.2) is 48.0 Å². The second-order valence-electron chi connectivity index (χ2n) is 3.68. The summed E-state index contributed by atoms with van der Waals surface area (Å²) in [5.74, 6) is 0.107.